The standard InChI is InChI=1S/C11H11N3S/c1-14-7-13-9-6-8(2-3-10(9)14)11-12-4-5-15-11/h2-3,6-7H,4-5H2,1H3. The zero-order chi connectivity index (χ0) is 10.3. The van der Waals surface area contributed by atoms with Gasteiger partial charge in [-0.25, -0.2) is 4.98 Å². The van der Waals surface area contributed by atoms with Gasteiger partial charge in [-0.05, 0) is 12.1 Å². The molecule has 15 heavy (non-hydrogen) atoms. The van der Waals surface area contributed by atoms with Crippen molar-refractivity contribution in [2.75, 3.05) is 12.3 Å². The molecule has 1 aliphatic heterocycles. The van der Waals surface area contributed by atoms with Crippen molar-refractivity contribution in [2.45, 2.75) is 0 Å². The Morgan fingerprint density at radius 3 is 3.13 bits per heavy atom. The highest BCUT2D eigenvalue weighted by Gasteiger charge is 2.10. The Hall–Kier alpha value is -1.29. The number of nitrogens with zero attached hydrogens (tertiary/aromatic N) is 3. The van der Waals surface area contributed by atoms with Crippen LogP contribution in [0.1, 0.15) is 5.56 Å². The molecule has 0 unspecified atom stereocenters. The molecule has 0 radical (unpaired) electrons. The lowest BCUT2D eigenvalue weighted by Crippen LogP contribution is -1.92. The number of aliphatic imine (C=N–C) groups is 1. The van der Waals surface area contributed by atoms with Crippen LogP contribution in [0, 0.1) is 0 Å². The summed E-state index contributed by atoms with van der Waals surface area (Å²) in [5.41, 5.74) is 3.41. The molecule has 76 valence electrons. The third-order valence-corrected chi connectivity index (χ3v) is 3.58. The van der Waals surface area contributed by atoms with Gasteiger partial charge >= 0.3 is 0 Å². The Bertz CT molecular complexity index is 542. The fourth-order valence-electron chi connectivity index (χ4n) is 1.78. The summed E-state index contributed by atoms with van der Waals surface area (Å²) >= 11 is 1.83. The van der Waals surface area contributed by atoms with E-state index in [1.165, 1.54) is 11.1 Å². The molecule has 1 aromatic heterocycles. The summed E-state index contributed by atoms with van der Waals surface area (Å²) in [7, 11) is 2.01. The summed E-state index contributed by atoms with van der Waals surface area (Å²) < 4.78 is 2.03. The van der Waals surface area contributed by atoms with Crippen LogP contribution in [0.4, 0.5) is 0 Å². The molecular formula is C11H11N3S. The van der Waals surface area contributed by atoms with Gasteiger partial charge in [0.05, 0.1) is 22.4 Å². The van der Waals surface area contributed by atoms with E-state index in [2.05, 4.69) is 28.2 Å². The van der Waals surface area contributed by atoms with E-state index in [1.807, 2.05) is 29.7 Å². The van der Waals surface area contributed by atoms with Crippen molar-refractivity contribution in [1.82, 2.24) is 9.55 Å². The highest BCUT2D eigenvalue weighted by atomic mass is 32.2. The lowest BCUT2D eigenvalue weighted by Gasteiger charge is -2.00. The molecule has 0 aliphatic carbocycles. The molecule has 0 saturated carbocycles. The SMILES string of the molecule is Cn1cnc2cc(C3=NCCS3)ccc21. The van der Waals surface area contributed by atoms with Crippen LogP contribution in [0.3, 0.4) is 0 Å². The number of aromatic nitrogens is 2. The zero-order valence-electron chi connectivity index (χ0n) is 8.47. The first-order chi connectivity index (χ1) is 7.34. The van der Waals surface area contributed by atoms with Gasteiger partial charge in [-0.2, -0.15) is 0 Å². The fourth-order valence-corrected chi connectivity index (χ4v) is 2.63. The number of rotatable bonds is 1. The van der Waals surface area contributed by atoms with E-state index in [1.54, 1.807) is 0 Å². The average Bonchev–Trinajstić information content (AvgIpc) is 2.88. The monoisotopic (exact) mass is 217 g/mol. The Balaban J connectivity index is 2.13. The van der Waals surface area contributed by atoms with Crippen LogP contribution in [0.15, 0.2) is 29.5 Å². The normalized spacial score (nSPS) is 15.9. The fraction of sp³-hybridized carbons (Fsp3) is 0.273. The van der Waals surface area contributed by atoms with E-state index in [0.717, 1.165) is 22.9 Å². The van der Waals surface area contributed by atoms with Crippen molar-refractivity contribution in [3.05, 3.63) is 30.1 Å². The minimum absolute atomic E-state index is 0.945. The molecule has 0 saturated heterocycles. The van der Waals surface area contributed by atoms with E-state index < -0.39 is 0 Å². The third kappa shape index (κ3) is 1.45. The number of thioether (sulfide) groups is 1. The summed E-state index contributed by atoms with van der Waals surface area (Å²) in [5.74, 6) is 1.11. The van der Waals surface area contributed by atoms with Gasteiger partial charge in [0.2, 0.25) is 0 Å². The average molecular weight is 217 g/mol. The second kappa shape index (κ2) is 3.38. The molecule has 0 spiro atoms. The van der Waals surface area contributed by atoms with Crippen molar-refractivity contribution < 1.29 is 0 Å². The maximum atomic E-state index is 4.46. The van der Waals surface area contributed by atoms with Crippen LogP contribution < -0.4 is 0 Å². The molecule has 1 aromatic carbocycles. The van der Waals surface area contributed by atoms with Gasteiger partial charge < -0.3 is 4.57 Å². The third-order valence-electron chi connectivity index (χ3n) is 2.56. The van der Waals surface area contributed by atoms with Gasteiger partial charge in [-0.1, -0.05) is 6.07 Å². The van der Waals surface area contributed by atoms with Gasteiger partial charge in [0.1, 0.15) is 0 Å². The van der Waals surface area contributed by atoms with Crippen LogP contribution in [-0.4, -0.2) is 26.9 Å². The summed E-state index contributed by atoms with van der Waals surface area (Å²) in [6.45, 7) is 0.945. The molecule has 1 aliphatic rings. The van der Waals surface area contributed by atoms with Crippen molar-refractivity contribution in [1.29, 1.82) is 0 Å². The topological polar surface area (TPSA) is 30.2 Å². The van der Waals surface area contributed by atoms with Crippen molar-refractivity contribution in [3.63, 3.8) is 0 Å². The molecular weight excluding hydrogens is 206 g/mol. The Morgan fingerprint density at radius 2 is 2.33 bits per heavy atom. The Labute approximate surface area is 92.2 Å². The van der Waals surface area contributed by atoms with E-state index in [9.17, 15) is 0 Å². The van der Waals surface area contributed by atoms with Gasteiger partial charge in [-0.15, -0.1) is 11.8 Å². The number of hydrogen-bond donors (Lipinski definition) is 0. The van der Waals surface area contributed by atoms with Crippen LogP contribution in [-0.2, 0) is 7.05 Å². The zero-order valence-corrected chi connectivity index (χ0v) is 9.29. The molecule has 3 nitrogen and oxygen atoms in total. The number of imidazole rings is 1. The first-order valence-electron chi connectivity index (χ1n) is 4.93. The second-order valence-corrected chi connectivity index (χ2v) is 4.68. The number of fused-ring (bicyclic) bond motifs is 1. The minimum Gasteiger partial charge on any atom is -0.334 e. The largest absolute Gasteiger partial charge is 0.334 e. The number of benzene rings is 1. The van der Waals surface area contributed by atoms with E-state index in [0.29, 0.717) is 0 Å². The molecule has 2 aromatic rings. The highest BCUT2D eigenvalue weighted by molar-refractivity contribution is 8.14. The predicted octanol–water partition coefficient (Wildman–Crippen LogP) is 2.07. The van der Waals surface area contributed by atoms with Crippen LogP contribution >= 0.6 is 11.8 Å². The molecule has 0 fully saturated rings. The van der Waals surface area contributed by atoms with Gasteiger partial charge in [-0.3, -0.25) is 4.99 Å². The van der Waals surface area contributed by atoms with Crippen LogP contribution in [0.2, 0.25) is 0 Å². The second-order valence-electron chi connectivity index (χ2n) is 3.59. The lowest BCUT2D eigenvalue weighted by molar-refractivity contribution is 0.947. The van der Waals surface area contributed by atoms with Crippen LogP contribution in [0.5, 0.6) is 0 Å². The van der Waals surface area contributed by atoms with E-state index in [4.69, 9.17) is 0 Å². The maximum absolute atomic E-state index is 4.46. The Morgan fingerprint density at radius 1 is 1.40 bits per heavy atom. The van der Waals surface area contributed by atoms with Crippen molar-refractivity contribution in [2.24, 2.45) is 12.0 Å². The predicted molar refractivity (Wildman–Crippen MR) is 64.6 cm³/mol. The Kier molecular flexibility index (Phi) is 2.02. The molecule has 0 amide bonds. The molecule has 4 heteroatoms. The summed E-state index contributed by atoms with van der Waals surface area (Å²) in [5, 5.41) is 1.16. The summed E-state index contributed by atoms with van der Waals surface area (Å²) in [6, 6.07) is 6.35. The van der Waals surface area contributed by atoms with Crippen molar-refractivity contribution in [3.8, 4) is 0 Å². The molecule has 2 heterocycles. The smallest absolute Gasteiger partial charge is 0.0978 e. The van der Waals surface area contributed by atoms with Crippen molar-refractivity contribution >= 4 is 27.8 Å². The summed E-state index contributed by atoms with van der Waals surface area (Å²) in [4.78, 5) is 8.81. The quantitative estimate of drug-likeness (QED) is 0.732. The molecule has 0 N–H and O–H groups in total. The number of hydrogen-bond acceptors (Lipinski definition) is 3. The first kappa shape index (κ1) is 8.97. The highest BCUT2D eigenvalue weighted by Crippen LogP contribution is 2.22. The van der Waals surface area contributed by atoms with Gasteiger partial charge in [0.15, 0.2) is 0 Å². The van der Waals surface area contributed by atoms with E-state index >= 15 is 0 Å². The van der Waals surface area contributed by atoms with Crippen LogP contribution in [0.25, 0.3) is 11.0 Å². The van der Waals surface area contributed by atoms with Gasteiger partial charge in [0, 0.05) is 24.9 Å². The maximum Gasteiger partial charge on any atom is 0.0978 e. The minimum atomic E-state index is 0.945. The molecule has 0 atom stereocenters. The molecule has 3 rings (SSSR count). The summed E-state index contributed by atoms with van der Waals surface area (Å²) in [6.07, 6.45) is 1.85. The van der Waals surface area contributed by atoms with Gasteiger partial charge in [0.25, 0.3) is 0 Å². The lowest BCUT2D eigenvalue weighted by atomic mass is 10.2. The first-order valence-corrected chi connectivity index (χ1v) is 5.92. The molecule has 0 bridgehead atoms. The van der Waals surface area contributed by atoms with E-state index in [-0.39, 0.29) is 0 Å². The number of aryl methyl sites for hydroxylation is 1.